The molecule has 4 nitrogen and oxygen atoms in total. The maximum Gasteiger partial charge on any atom is 0.416 e. The molecule has 5 aromatic rings. The number of fused-ring (bicyclic) bond motifs is 6. The summed E-state index contributed by atoms with van der Waals surface area (Å²) in [6.45, 7) is 0. The molecule has 7 rings (SSSR count). The molecule has 0 amide bonds. The number of benzene rings is 5. The first-order valence-electron chi connectivity index (χ1n) is 14.1. The van der Waals surface area contributed by atoms with Crippen LogP contribution >= 0.6 is 0 Å². The third-order valence-corrected chi connectivity index (χ3v) is 8.46. The van der Waals surface area contributed by atoms with Crippen LogP contribution < -0.4 is 5.32 Å². The molecule has 48 heavy (non-hydrogen) atoms. The number of rotatable bonds is 3. The van der Waals surface area contributed by atoms with Crippen LogP contribution in [0.15, 0.2) is 89.9 Å². The minimum Gasteiger partial charge on any atom is -0.312 e. The first kappa shape index (κ1) is 30.6. The summed E-state index contributed by atoms with van der Waals surface area (Å²) in [6.07, 6.45) is -5.86. The molecule has 236 valence electrons. The van der Waals surface area contributed by atoms with Gasteiger partial charge in [-0.2, -0.15) is 41.9 Å². The summed E-state index contributed by atoms with van der Waals surface area (Å²) in [4.78, 5) is 4.02. The Morgan fingerprint density at radius 1 is 0.542 bits per heavy atom. The van der Waals surface area contributed by atoms with Crippen molar-refractivity contribution in [2.75, 3.05) is 0 Å². The number of hydrogen-bond acceptors (Lipinski definition) is 4. The van der Waals surface area contributed by atoms with E-state index in [4.69, 9.17) is 0 Å². The van der Waals surface area contributed by atoms with E-state index in [0.29, 0.717) is 62.2 Å². The molecule has 5 aromatic carbocycles. The SMILES string of the molecule is N#C/N=C1\c2cc(-c3cc(F)cc(C(F)(F)F)c3)ccc2-c2cc3c(cc21)-c1ccc(-c2cc(F)cc(C(F)(F)F)c2)cc1C3NC#N. The fourth-order valence-corrected chi connectivity index (χ4v) is 6.43. The summed E-state index contributed by atoms with van der Waals surface area (Å²) in [5.41, 5.74) is 3.04. The Bertz CT molecular complexity index is 2310. The molecule has 0 radical (unpaired) electrons. The minimum absolute atomic E-state index is 0.00638. The normalized spacial score (nSPS) is 15.3. The highest BCUT2D eigenvalue weighted by molar-refractivity contribution is 6.26. The molecule has 0 heterocycles. The van der Waals surface area contributed by atoms with Crippen molar-refractivity contribution < 1.29 is 35.1 Å². The van der Waals surface area contributed by atoms with Crippen molar-refractivity contribution in [1.29, 1.82) is 10.5 Å². The average molecular weight is 657 g/mol. The highest BCUT2D eigenvalue weighted by atomic mass is 19.4. The Morgan fingerprint density at radius 2 is 1.08 bits per heavy atom. The predicted octanol–water partition coefficient (Wildman–Crippen LogP) is 9.78. The summed E-state index contributed by atoms with van der Waals surface area (Å²) >= 11 is 0. The zero-order valence-corrected chi connectivity index (χ0v) is 24.0. The van der Waals surface area contributed by atoms with Gasteiger partial charge in [0, 0.05) is 11.1 Å². The Hall–Kier alpha value is -6.01. The molecule has 1 atom stereocenters. The van der Waals surface area contributed by atoms with E-state index in [-0.39, 0.29) is 22.4 Å². The van der Waals surface area contributed by atoms with Crippen LogP contribution in [0.1, 0.15) is 39.4 Å². The molecule has 2 aliphatic rings. The average Bonchev–Trinajstić information content (AvgIpc) is 3.49. The number of hydrogen-bond donors (Lipinski definition) is 1. The molecule has 0 saturated carbocycles. The third-order valence-electron chi connectivity index (χ3n) is 8.46. The van der Waals surface area contributed by atoms with E-state index in [1.807, 2.05) is 6.19 Å². The molecule has 2 aliphatic carbocycles. The monoisotopic (exact) mass is 656 g/mol. The van der Waals surface area contributed by atoms with Crippen molar-refractivity contribution in [3.8, 4) is 56.9 Å². The van der Waals surface area contributed by atoms with Crippen molar-refractivity contribution in [3.63, 3.8) is 0 Å². The van der Waals surface area contributed by atoms with Crippen LogP contribution in [-0.4, -0.2) is 5.71 Å². The zero-order chi connectivity index (χ0) is 34.1. The fraction of sp³-hybridized carbons (Fsp3) is 0.0833. The molecule has 1 unspecified atom stereocenters. The second kappa shape index (κ2) is 10.8. The van der Waals surface area contributed by atoms with E-state index < -0.39 is 41.2 Å². The number of alkyl halides is 6. The van der Waals surface area contributed by atoms with Gasteiger partial charge in [0.15, 0.2) is 6.19 Å². The molecule has 1 N–H and O–H groups in total. The highest BCUT2D eigenvalue weighted by Crippen LogP contribution is 2.50. The summed E-state index contributed by atoms with van der Waals surface area (Å²) in [5.74, 6) is -2.13. The molecule has 0 fully saturated rings. The topological polar surface area (TPSA) is 72.0 Å². The van der Waals surface area contributed by atoms with Crippen LogP contribution in [0, 0.1) is 34.5 Å². The van der Waals surface area contributed by atoms with Gasteiger partial charge in [-0.25, -0.2) is 8.78 Å². The number of halogens is 8. The van der Waals surface area contributed by atoms with Crippen LogP contribution in [0.4, 0.5) is 35.1 Å². The van der Waals surface area contributed by atoms with Crippen molar-refractivity contribution in [3.05, 3.63) is 130 Å². The van der Waals surface area contributed by atoms with Crippen LogP contribution in [0.25, 0.3) is 44.5 Å². The van der Waals surface area contributed by atoms with Gasteiger partial charge in [-0.05, 0) is 116 Å². The number of aliphatic imine (C=N–C) groups is 1. The van der Waals surface area contributed by atoms with E-state index in [1.165, 1.54) is 12.1 Å². The first-order chi connectivity index (χ1) is 22.8. The molecular formula is C36H16F8N4. The van der Waals surface area contributed by atoms with Gasteiger partial charge in [-0.1, -0.05) is 24.3 Å². The lowest BCUT2D eigenvalue weighted by Gasteiger charge is -2.14. The van der Waals surface area contributed by atoms with Gasteiger partial charge < -0.3 is 5.32 Å². The quantitative estimate of drug-likeness (QED) is 0.117. The van der Waals surface area contributed by atoms with Crippen LogP contribution in [0.3, 0.4) is 0 Å². The van der Waals surface area contributed by atoms with E-state index in [9.17, 15) is 45.6 Å². The molecule has 0 aliphatic heterocycles. The lowest BCUT2D eigenvalue weighted by Crippen LogP contribution is -2.14. The summed E-state index contributed by atoms with van der Waals surface area (Å²) in [7, 11) is 0. The summed E-state index contributed by atoms with van der Waals surface area (Å²) < 4.78 is 109. The molecule has 0 saturated heterocycles. The lowest BCUT2D eigenvalue weighted by atomic mass is 9.96. The standard InChI is InChI=1S/C36H16F8N4/c37-23-7-19(5-21(11-23)35(39,40)41)17-1-3-25-27-13-32-28(14-31(27)33(47-15-45)29(25)9-17)26-4-2-18(10-30(26)34(32)48-16-46)20-6-22(36(42,43)44)12-24(38)8-20/h1-14,33,47H/b48-34+. The lowest BCUT2D eigenvalue weighted by molar-refractivity contribution is -0.138. The molecule has 0 bridgehead atoms. The Morgan fingerprint density at radius 3 is 1.65 bits per heavy atom. The van der Waals surface area contributed by atoms with Gasteiger partial charge in [0.25, 0.3) is 0 Å². The third kappa shape index (κ3) is 5.03. The predicted molar refractivity (Wildman–Crippen MR) is 160 cm³/mol. The van der Waals surface area contributed by atoms with Crippen molar-refractivity contribution >= 4 is 5.71 Å². The maximum atomic E-state index is 14.2. The number of nitriles is 2. The molecule has 0 spiro atoms. The number of nitrogens with zero attached hydrogens (tertiary/aromatic N) is 3. The zero-order valence-electron chi connectivity index (χ0n) is 24.0. The summed E-state index contributed by atoms with van der Waals surface area (Å²) in [6, 6.07) is 16.7. The second-order valence-electron chi connectivity index (χ2n) is 11.2. The van der Waals surface area contributed by atoms with Gasteiger partial charge in [0.2, 0.25) is 6.19 Å². The van der Waals surface area contributed by atoms with Crippen molar-refractivity contribution in [1.82, 2.24) is 5.32 Å². The second-order valence-corrected chi connectivity index (χ2v) is 11.2. The fourth-order valence-electron chi connectivity index (χ4n) is 6.43. The smallest absolute Gasteiger partial charge is 0.312 e. The van der Waals surface area contributed by atoms with Gasteiger partial charge >= 0.3 is 12.4 Å². The highest BCUT2D eigenvalue weighted by Gasteiger charge is 2.36. The van der Waals surface area contributed by atoms with E-state index in [0.717, 1.165) is 24.3 Å². The van der Waals surface area contributed by atoms with Crippen molar-refractivity contribution in [2.45, 2.75) is 18.4 Å². The minimum atomic E-state index is -4.77. The van der Waals surface area contributed by atoms with Crippen LogP contribution in [0.5, 0.6) is 0 Å². The van der Waals surface area contributed by atoms with E-state index in [1.54, 1.807) is 42.6 Å². The first-order valence-corrected chi connectivity index (χ1v) is 14.1. The van der Waals surface area contributed by atoms with E-state index >= 15 is 0 Å². The summed E-state index contributed by atoms with van der Waals surface area (Å²) in [5, 5.41) is 21.9. The molecule has 12 heteroatoms. The van der Waals surface area contributed by atoms with E-state index in [2.05, 4.69) is 10.3 Å². The molecule has 0 aromatic heterocycles. The van der Waals surface area contributed by atoms with Crippen LogP contribution in [0.2, 0.25) is 0 Å². The van der Waals surface area contributed by atoms with Gasteiger partial charge in [-0.15, -0.1) is 0 Å². The maximum absolute atomic E-state index is 14.2. The van der Waals surface area contributed by atoms with Gasteiger partial charge in [-0.3, -0.25) is 0 Å². The Kier molecular flexibility index (Phi) is 6.88. The Labute approximate surface area is 266 Å². The Balaban J connectivity index is 1.35. The molecular weight excluding hydrogens is 640 g/mol. The van der Waals surface area contributed by atoms with Crippen LogP contribution in [-0.2, 0) is 12.4 Å². The van der Waals surface area contributed by atoms with Gasteiger partial charge in [0.05, 0.1) is 22.9 Å². The van der Waals surface area contributed by atoms with Crippen molar-refractivity contribution in [2.24, 2.45) is 4.99 Å². The van der Waals surface area contributed by atoms with Gasteiger partial charge in [0.1, 0.15) is 11.6 Å². The largest absolute Gasteiger partial charge is 0.416 e. The number of nitrogens with one attached hydrogen (secondary N) is 1.